The van der Waals surface area contributed by atoms with Gasteiger partial charge in [0.05, 0.1) is 7.11 Å². The van der Waals surface area contributed by atoms with Crippen LogP contribution in [0.3, 0.4) is 0 Å². The molecule has 0 saturated heterocycles. The molecule has 0 aliphatic rings. The number of halogens is 1. The molecule has 0 saturated carbocycles. The fourth-order valence-corrected chi connectivity index (χ4v) is 3.91. The molecule has 38 heavy (non-hydrogen) atoms. The zero-order chi connectivity index (χ0) is 27.9. The highest BCUT2D eigenvalue weighted by molar-refractivity contribution is 6.31. The monoisotopic (exact) mass is 540 g/mol. The Bertz CT molecular complexity index is 1270. The average Bonchev–Trinajstić information content (AvgIpc) is 3.29. The molecule has 9 nitrogen and oxygen atoms in total. The number of methoxy groups -OCH3 is 1. The van der Waals surface area contributed by atoms with Crippen LogP contribution in [0.2, 0.25) is 5.02 Å². The van der Waals surface area contributed by atoms with E-state index in [9.17, 15) is 14.4 Å². The van der Waals surface area contributed by atoms with E-state index in [1.165, 1.54) is 4.90 Å². The summed E-state index contributed by atoms with van der Waals surface area (Å²) in [6.45, 7) is 7.51. The summed E-state index contributed by atoms with van der Waals surface area (Å²) >= 11 is 6.28. The highest BCUT2D eigenvalue weighted by Gasteiger charge is 2.35. The summed E-state index contributed by atoms with van der Waals surface area (Å²) in [4.78, 5) is 41.5. The molecule has 0 fully saturated rings. The molecular weight excluding hydrogens is 508 g/mol. The van der Waals surface area contributed by atoms with Gasteiger partial charge in [-0.25, -0.2) is 0 Å². The molecule has 10 heteroatoms. The van der Waals surface area contributed by atoms with Gasteiger partial charge >= 0.3 is 0 Å². The van der Waals surface area contributed by atoms with Crippen LogP contribution in [0.5, 0.6) is 5.75 Å². The van der Waals surface area contributed by atoms with Crippen LogP contribution in [-0.2, 0) is 14.4 Å². The van der Waals surface area contributed by atoms with Crippen LogP contribution in [0.25, 0.3) is 0 Å². The highest BCUT2D eigenvalue weighted by Crippen LogP contribution is 2.32. The number of ether oxygens (including phenoxy) is 1. The van der Waals surface area contributed by atoms with Gasteiger partial charge in [0.1, 0.15) is 17.6 Å². The molecule has 1 heterocycles. The van der Waals surface area contributed by atoms with Crippen LogP contribution < -0.4 is 20.3 Å². The maximum atomic E-state index is 13.8. The van der Waals surface area contributed by atoms with Crippen molar-refractivity contribution >= 4 is 40.8 Å². The van der Waals surface area contributed by atoms with E-state index in [0.29, 0.717) is 34.2 Å². The first-order valence-electron chi connectivity index (χ1n) is 12.3. The van der Waals surface area contributed by atoms with E-state index in [2.05, 4.69) is 15.8 Å². The van der Waals surface area contributed by atoms with E-state index < -0.39 is 23.4 Å². The second-order valence-corrected chi connectivity index (χ2v) is 9.95. The van der Waals surface area contributed by atoms with Crippen molar-refractivity contribution in [1.29, 1.82) is 0 Å². The Kier molecular flexibility index (Phi) is 9.52. The van der Waals surface area contributed by atoms with E-state index in [1.807, 2.05) is 20.8 Å². The molecular formula is C28H33ClN4O5. The second-order valence-electron chi connectivity index (χ2n) is 9.52. The van der Waals surface area contributed by atoms with Crippen molar-refractivity contribution in [2.24, 2.45) is 0 Å². The number of amides is 3. The van der Waals surface area contributed by atoms with Crippen molar-refractivity contribution in [3.63, 3.8) is 0 Å². The van der Waals surface area contributed by atoms with Gasteiger partial charge in [-0.3, -0.25) is 19.3 Å². The van der Waals surface area contributed by atoms with Gasteiger partial charge in [-0.2, -0.15) is 0 Å². The Hall–Kier alpha value is -3.85. The van der Waals surface area contributed by atoms with Crippen molar-refractivity contribution in [1.82, 2.24) is 10.5 Å². The fraction of sp³-hybridized carbons (Fsp3) is 0.357. The molecule has 2 aromatic carbocycles. The minimum absolute atomic E-state index is 0.126. The third-order valence-electron chi connectivity index (χ3n) is 6.10. The third kappa shape index (κ3) is 7.58. The summed E-state index contributed by atoms with van der Waals surface area (Å²) < 4.78 is 10.2. The molecule has 0 radical (unpaired) electrons. The van der Waals surface area contributed by atoms with E-state index >= 15 is 0 Å². The Morgan fingerprint density at radius 3 is 2.39 bits per heavy atom. The summed E-state index contributed by atoms with van der Waals surface area (Å²) in [5.41, 5.74) is 0.492. The quantitative estimate of drug-likeness (QED) is 0.334. The smallest absolute Gasteiger partial charge is 0.248 e. The van der Waals surface area contributed by atoms with Crippen molar-refractivity contribution in [2.45, 2.75) is 58.5 Å². The van der Waals surface area contributed by atoms with Gasteiger partial charge < -0.3 is 19.9 Å². The van der Waals surface area contributed by atoms with E-state index in [0.717, 1.165) is 0 Å². The minimum atomic E-state index is -1.03. The van der Waals surface area contributed by atoms with Gasteiger partial charge in [0, 0.05) is 35.2 Å². The fourth-order valence-electron chi connectivity index (χ4n) is 3.73. The molecule has 0 bridgehead atoms. The summed E-state index contributed by atoms with van der Waals surface area (Å²) in [5.74, 6) is 0.232. The van der Waals surface area contributed by atoms with E-state index in [1.54, 1.807) is 68.6 Å². The zero-order valence-corrected chi connectivity index (χ0v) is 23.0. The molecule has 0 aliphatic carbocycles. The first-order chi connectivity index (χ1) is 18.0. The molecule has 0 unspecified atom stereocenters. The Morgan fingerprint density at radius 1 is 1.11 bits per heavy atom. The molecule has 202 valence electrons. The number of carbonyl (C=O) groups is 3. The largest absolute Gasteiger partial charge is 0.497 e. The number of nitrogens with zero attached hydrogens (tertiary/aromatic N) is 2. The van der Waals surface area contributed by atoms with Crippen LogP contribution in [0.15, 0.2) is 59.1 Å². The number of carbonyl (C=O) groups excluding carboxylic acids is 3. The standard InChI is InChI=1S/C28H33ClN4O5/c1-6-28(3,4)31-27(36)26(19-10-12-22(37-5)13-11-19)33(21-9-7-8-20(29)17-21)25(35)15-14-24(34)30-23-16-18(2)38-32-23/h7-13,16-17,26H,6,14-15H2,1-5H3,(H,31,36)(H,30,32,34)/t26-/m1/s1. The van der Waals surface area contributed by atoms with Gasteiger partial charge in [0.25, 0.3) is 0 Å². The lowest BCUT2D eigenvalue weighted by Gasteiger charge is -2.34. The van der Waals surface area contributed by atoms with Crippen LogP contribution in [0.1, 0.15) is 57.4 Å². The predicted molar refractivity (Wildman–Crippen MR) is 146 cm³/mol. The molecule has 3 aromatic rings. The Labute approximate surface area is 227 Å². The molecule has 0 spiro atoms. The lowest BCUT2D eigenvalue weighted by molar-refractivity contribution is -0.128. The van der Waals surface area contributed by atoms with Crippen LogP contribution in [0.4, 0.5) is 11.5 Å². The van der Waals surface area contributed by atoms with E-state index in [4.69, 9.17) is 20.9 Å². The first-order valence-corrected chi connectivity index (χ1v) is 12.7. The SMILES string of the molecule is CCC(C)(C)NC(=O)[C@@H](c1ccc(OC)cc1)N(C(=O)CCC(=O)Nc1cc(C)on1)c1cccc(Cl)c1. The molecule has 1 atom stereocenters. The highest BCUT2D eigenvalue weighted by atomic mass is 35.5. The summed E-state index contributed by atoms with van der Waals surface area (Å²) in [6.07, 6.45) is 0.395. The number of hydrogen-bond donors (Lipinski definition) is 2. The maximum absolute atomic E-state index is 13.8. The zero-order valence-electron chi connectivity index (χ0n) is 22.2. The summed E-state index contributed by atoms with van der Waals surface area (Å²) in [7, 11) is 1.55. The van der Waals surface area contributed by atoms with Crippen molar-refractivity contribution in [3.05, 3.63) is 70.9 Å². The summed E-state index contributed by atoms with van der Waals surface area (Å²) in [5, 5.41) is 9.82. The summed E-state index contributed by atoms with van der Waals surface area (Å²) in [6, 6.07) is 14.2. The number of anilines is 2. The number of hydrogen-bond acceptors (Lipinski definition) is 6. The predicted octanol–water partition coefficient (Wildman–Crippen LogP) is 5.44. The second kappa shape index (κ2) is 12.6. The van der Waals surface area contributed by atoms with Gasteiger partial charge in [-0.15, -0.1) is 0 Å². The van der Waals surface area contributed by atoms with Gasteiger partial charge in [0.15, 0.2) is 5.82 Å². The van der Waals surface area contributed by atoms with Crippen molar-refractivity contribution < 1.29 is 23.6 Å². The normalized spacial score (nSPS) is 11.9. The minimum Gasteiger partial charge on any atom is -0.497 e. The van der Waals surface area contributed by atoms with Gasteiger partial charge in [-0.1, -0.05) is 41.9 Å². The number of nitrogens with one attached hydrogen (secondary N) is 2. The number of benzene rings is 2. The van der Waals surface area contributed by atoms with Crippen LogP contribution in [-0.4, -0.2) is 35.5 Å². The third-order valence-corrected chi connectivity index (χ3v) is 6.34. The lowest BCUT2D eigenvalue weighted by Crippen LogP contribution is -2.50. The molecule has 3 amide bonds. The lowest BCUT2D eigenvalue weighted by atomic mass is 9.98. The Morgan fingerprint density at radius 2 is 1.82 bits per heavy atom. The number of aryl methyl sites for hydroxylation is 1. The van der Waals surface area contributed by atoms with E-state index in [-0.39, 0.29) is 24.6 Å². The Balaban J connectivity index is 1.97. The number of aromatic nitrogens is 1. The van der Waals surface area contributed by atoms with Crippen LogP contribution in [0, 0.1) is 6.92 Å². The van der Waals surface area contributed by atoms with Gasteiger partial charge in [-0.05, 0) is 63.1 Å². The number of rotatable bonds is 11. The molecule has 3 rings (SSSR count). The first kappa shape index (κ1) is 28.7. The average molecular weight is 541 g/mol. The molecule has 1 aromatic heterocycles. The van der Waals surface area contributed by atoms with Crippen LogP contribution >= 0.6 is 11.6 Å². The molecule has 0 aliphatic heterocycles. The van der Waals surface area contributed by atoms with Crippen molar-refractivity contribution in [2.75, 3.05) is 17.3 Å². The maximum Gasteiger partial charge on any atom is 0.248 e. The molecule has 2 N–H and O–H groups in total. The van der Waals surface area contributed by atoms with Crippen molar-refractivity contribution in [3.8, 4) is 5.75 Å². The topological polar surface area (TPSA) is 114 Å². The van der Waals surface area contributed by atoms with Gasteiger partial charge in [0.2, 0.25) is 17.7 Å².